The van der Waals surface area contributed by atoms with Crippen LogP contribution in [0, 0.1) is 12.7 Å². The zero-order valence-electron chi connectivity index (χ0n) is 14.4. The highest BCUT2D eigenvalue weighted by molar-refractivity contribution is 5.94. The molecule has 1 aliphatic rings. The van der Waals surface area contributed by atoms with E-state index in [9.17, 15) is 9.18 Å². The number of halogens is 1. The number of aryl methyl sites for hydroxylation is 1. The van der Waals surface area contributed by atoms with Gasteiger partial charge < -0.3 is 14.4 Å². The van der Waals surface area contributed by atoms with Gasteiger partial charge in [-0.05, 0) is 56.2 Å². The number of hydrogen-bond acceptors (Lipinski definition) is 4. The molecule has 0 bridgehead atoms. The van der Waals surface area contributed by atoms with E-state index in [1.165, 1.54) is 24.3 Å². The minimum atomic E-state index is -0.350. The largest absolute Gasteiger partial charge is 0.355 e. The summed E-state index contributed by atoms with van der Waals surface area (Å²) in [5.41, 5.74) is 2.30. The van der Waals surface area contributed by atoms with E-state index >= 15 is 0 Å². The van der Waals surface area contributed by atoms with E-state index in [1.54, 1.807) is 4.90 Å². The van der Waals surface area contributed by atoms with Crippen molar-refractivity contribution in [1.82, 2.24) is 20.0 Å². The summed E-state index contributed by atoms with van der Waals surface area (Å²) in [7, 11) is 0. The molecule has 3 aromatic rings. The van der Waals surface area contributed by atoms with Crippen LogP contribution in [-0.4, -0.2) is 39.0 Å². The molecule has 1 fully saturated rings. The maximum absolute atomic E-state index is 13.1. The van der Waals surface area contributed by atoms with Crippen LogP contribution in [0.1, 0.15) is 40.6 Å². The molecular formula is C19H19FN4O2. The fourth-order valence-corrected chi connectivity index (χ4v) is 3.29. The summed E-state index contributed by atoms with van der Waals surface area (Å²) < 4.78 is 18.4. The molecule has 134 valence electrons. The number of hydrogen-bond donors (Lipinski definition) is 1. The molecule has 2 aromatic heterocycles. The minimum Gasteiger partial charge on any atom is -0.355 e. The number of H-pyrrole nitrogens is 1. The average Bonchev–Trinajstić information content (AvgIpc) is 3.31. The van der Waals surface area contributed by atoms with Gasteiger partial charge in [0.15, 0.2) is 5.82 Å². The quantitative estimate of drug-likeness (QED) is 0.781. The lowest BCUT2D eigenvalue weighted by molar-refractivity contribution is 0.0703. The Kier molecular flexibility index (Phi) is 4.28. The number of aromatic nitrogens is 3. The van der Waals surface area contributed by atoms with E-state index in [4.69, 9.17) is 4.52 Å². The summed E-state index contributed by atoms with van der Waals surface area (Å²) in [4.78, 5) is 22.1. The number of piperidine rings is 1. The Balaban J connectivity index is 1.49. The van der Waals surface area contributed by atoms with Crippen LogP contribution in [0.15, 0.2) is 40.9 Å². The Hall–Kier alpha value is -2.96. The van der Waals surface area contributed by atoms with Gasteiger partial charge in [-0.3, -0.25) is 4.79 Å². The van der Waals surface area contributed by atoms with Crippen molar-refractivity contribution in [1.29, 1.82) is 0 Å². The Bertz CT molecular complexity index is 916. The molecule has 1 aromatic carbocycles. The van der Waals surface area contributed by atoms with Crippen molar-refractivity contribution in [3.05, 3.63) is 59.3 Å². The van der Waals surface area contributed by atoms with Gasteiger partial charge in [0.25, 0.3) is 11.8 Å². The van der Waals surface area contributed by atoms with Gasteiger partial charge in [-0.25, -0.2) is 4.39 Å². The van der Waals surface area contributed by atoms with Crippen molar-refractivity contribution in [2.75, 3.05) is 13.1 Å². The molecule has 0 aliphatic carbocycles. The van der Waals surface area contributed by atoms with Gasteiger partial charge in [0.2, 0.25) is 0 Å². The third-order valence-corrected chi connectivity index (χ3v) is 4.67. The standard InChI is InChI=1S/C19H19FN4O2/c1-12-4-9-16(21-12)18-22-17(23-26-18)14-3-2-10-24(11-14)19(25)13-5-7-15(20)8-6-13/h4-9,14,21H,2-3,10-11H2,1H3. The first-order valence-corrected chi connectivity index (χ1v) is 8.64. The molecule has 3 heterocycles. The van der Waals surface area contributed by atoms with Crippen LogP contribution < -0.4 is 0 Å². The van der Waals surface area contributed by atoms with Crippen LogP contribution in [0.5, 0.6) is 0 Å². The second kappa shape index (κ2) is 6.74. The third-order valence-electron chi connectivity index (χ3n) is 4.67. The van der Waals surface area contributed by atoms with Crippen molar-refractivity contribution in [3.8, 4) is 11.6 Å². The Morgan fingerprint density at radius 2 is 2.08 bits per heavy atom. The van der Waals surface area contributed by atoms with E-state index in [0.717, 1.165) is 24.2 Å². The smallest absolute Gasteiger partial charge is 0.274 e. The molecule has 1 aliphatic heterocycles. The van der Waals surface area contributed by atoms with Crippen LogP contribution in [0.2, 0.25) is 0 Å². The monoisotopic (exact) mass is 354 g/mol. The number of likely N-dealkylation sites (tertiary alicyclic amines) is 1. The van der Waals surface area contributed by atoms with Gasteiger partial charge >= 0.3 is 0 Å². The number of carbonyl (C=O) groups is 1. The lowest BCUT2D eigenvalue weighted by atomic mass is 9.96. The van der Waals surface area contributed by atoms with Crippen molar-refractivity contribution >= 4 is 5.91 Å². The molecule has 1 atom stereocenters. The molecule has 4 rings (SSSR count). The molecule has 1 amide bonds. The average molecular weight is 354 g/mol. The lowest BCUT2D eigenvalue weighted by Gasteiger charge is -2.31. The molecule has 7 heteroatoms. The number of amides is 1. The summed E-state index contributed by atoms with van der Waals surface area (Å²) in [6, 6.07) is 9.49. The minimum absolute atomic E-state index is 0.0294. The van der Waals surface area contributed by atoms with Crippen LogP contribution in [0.25, 0.3) is 11.6 Å². The number of rotatable bonds is 3. The summed E-state index contributed by atoms with van der Waals surface area (Å²) in [6.45, 7) is 3.16. The first-order chi connectivity index (χ1) is 12.6. The normalized spacial score (nSPS) is 17.5. The van der Waals surface area contributed by atoms with E-state index in [2.05, 4.69) is 15.1 Å². The number of carbonyl (C=O) groups excluding carboxylic acids is 1. The summed E-state index contributed by atoms with van der Waals surface area (Å²) in [5.74, 6) is 0.649. The van der Waals surface area contributed by atoms with Crippen LogP contribution in [0.3, 0.4) is 0 Å². The van der Waals surface area contributed by atoms with Crippen LogP contribution in [-0.2, 0) is 0 Å². The van der Waals surface area contributed by atoms with Gasteiger partial charge in [-0.2, -0.15) is 4.98 Å². The van der Waals surface area contributed by atoms with Crippen LogP contribution in [0.4, 0.5) is 4.39 Å². The van der Waals surface area contributed by atoms with E-state index < -0.39 is 0 Å². The van der Waals surface area contributed by atoms with Gasteiger partial charge in [0.1, 0.15) is 11.5 Å². The fourth-order valence-electron chi connectivity index (χ4n) is 3.29. The van der Waals surface area contributed by atoms with Crippen molar-refractivity contribution < 1.29 is 13.7 Å². The lowest BCUT2D eigenvalue weighted by Crippen LogP contribution is -2.39. The summed E-state index contributed by atoms with van der Waals surface area (Å²) >= 11 is 0. The van der Waals surface area contributed by atoms with Crippen molar-refractivity contribution in [2.45, 2.75) is 25.7 Å². The SMILES string of the molecule is Cc1ccc(-c2nc(C3CCCN(C(=O)c4ccc(F)cc4)C3)no2)[nH]1. The molecular weight excluding hydrogens is 335 g/mol. The number of benzene rings is 1. The predicted molar refractivity (Wildman–Crippen MR) is 93.1 cm³/mol. The van der Waals surface area contributed by atoms with Gasteiger partial charge in [0, 0.05) is 30.3 Å². The first kappa shape index (κ1) is 16.5. The van der Waals surface area contributed by atoms with Crippen molar-refractivity contribution in [2.24, 2.45) is 0 Å². The first-order valence-electron chi connectivity index (χ1n) is 8.64. The fraction of sp³-hybridized carbons (Fsp3) is 0.316. The molecule has 0 saturated carbocycles. The highest BCUT2D eigenvalue weighted by Gasteiger charge is 2.28. The number of nitrogens with one attached hydrogen (secondary N) is 1. The Morgan fingerprint density at radius 1 is 1.27 bits per heavy atom. The molecule has 0 radical (unpaired) electrons. The van der Waals surface area contributed by atoms with Crippen LogP contribution >= 0.6 is 0 Å². The highest BCUT2D eigenvalue weighted by atomic mass is 19.1. The van der Waals surface area contributed by atoms with E-state index in [-0.39, 0.29) is 17.6 Å². The van der Waals surface area contributed by atoms with Gasteiger partial charge in [-0.1, -0.05) is 5.16 Å². The number of aromatic amines is 1. The van der Waals surface area contributed by atoms with E-state index in [0.29, 0.717) is 30.4 Å². The topological polar surface area (TPSA) is 75.0 Å². The van der Waals surface area contributed by atoms with Gasteiger partial charge in [0.05, 0.1) is 0 Å². The zero-order chi connectivity index (χ0) is 18.1. The summed E-state index contributed by atoms with van der Waals surface area (Å²) in [6.07, 6.45) is 1.76. The second-order valence-corrected chi connectivity index (χ2v) is 6.61. The van der Waals surface area contributed by atoms with Gasteiger partial charge in [-0.15, -0.1) is 0 Å². The Labute approximate surface area is 150 Å². The molecule has 1 saturated heterocycles. The van der Waals surface area contributed by atoms with E-state index in [1.807, 2.05) is 19.1 Å². The predicted octanol–water partition coefficient (Wildman–Crippen LogP) is 3.53. The molecule has 1 unspecified atom stereocenters. The maximum atomic E-state index is 13.1. The molecule has 0 spiro atoms. The highest BCUT2D eigenvalue weighted by Crippen LogP contribution is 2.27. The number of nitrogens with zero attached hydrogens (tertiary/aromatic N) is 3. The molecule has 6 nitrogen and oxygen atoms in total. The summed E-state index contributed by atoms with van der Waals surface area (Å²) in [5, 5.41) is 4.11. The molecule has 26 heavy (non-hydrogen) atoms. The zero-order valence-corrected chi connectivity index (χ0v) is 14.4. The third kappa shape index (κ3) is 3.24. The maximum Gasteiger partial charge on any atom is 0.274 e. The molecule has 1 N–H and O–H groups in total. The van der Waals surface area contributed by atoms with Crippen molar-refractivity contribution in [3.63, 3.8) is 0 Å². The Morgan fingerprint density at radius 3 is 2.81 bits per heavy atom. The second-order valence-electron chi connectivity index (χ2n) is 6.61.